The lowest BCUT2D eigenvalue weighted by Gasteiger charge is -2.38. The van der Waals surface area contributed by atoms with E-state index in [-0.39, 0.29) is 29.7 Å². The fourth-order valence-corrected chi connectivity index (χ4v) is 9.54. The van der Waals surface area contributed by atoms with Crippen LogP contribution in [0.25, 0.3) is 44.5 Å². The number of hydrogen-bond donors (Lipinski definition) is 5. The number of H-pyrrole nitrogens is 2. The largest absolute Gasteiger partial charge is 0.453 e. The molecule has 4 amide bonds. The quantitative estimate of drug-likeness (QED) is 0.0884. The summed E-state index contributed by atoms with van der Waals surface area (Å²) < 4.78 is 9.60. The molecule has 2 aromatic heterocycles. The molecule has 5 N–H and O–H groups in total. The Labute approximate surface area is 362 Å². The molecule has 1 saturated heterocycles. The molecule has 14 heteroatoms. The molecule has 14 nitrogen and oxygen atoms in total. The number of likely N-dealkylation sites (tertiary alicyclic amines) is 1. The van der Waals surface area contributed by atoms with E-state index in [4.69, 9.17) is 19.4 Å². The van der Waals surface area contributed by atoms with Crippen molar-refractivity contribution >= 4 is 35.0 Å². The second-order valence-electron chi connectivity index (χ2n) is 17.8. The third-order valence-electron chi connectivity index (χ3n) is 13.0. The average molecular weight is 843 g/mol. The molecule has 2 fully saturated rings. The number of methoxy groups -OCH3 is 2. The summed E-state index contributed by atoms with van der Waals surface area (Å²) in [7, 11) is 2.60. The number of alkyl carbamates (subject to hydrolysis) is 2. The number of benzene rings is 3. The molecule has 1 saturated carbocycles. The Kier molecular flexibility index (Phi) is 12.1. The Hall–Kier alpha value is -6.18. The first-order valence-corrected chi connectivity index (χ1v) is 22.0. The normalized spacial score (nSPS) is 17.9. The fourth-order valence-electron chi connectivity index (χ4n) is 9.54. The Morgan fingerprint density at radius 2 is 1.37 bits per heavy atom. The van der Waals surface area contributed by atoms with E-state index in [1.54, 1.807) is 0 Å². The summed E-state index contributed by atoms with van der Waals surface area (Å²) >= 11 is 0. The molecular weight excluding hydrogens is 785 g/mol. The number of amides is 4. The van der Waals surface area contributed by atoms with Crippen molar-refractivity contribution in [2.24, 2.45) is 11.8 Å². The van der Waals surface area contributed by atoms with Crippen molar-refractivity contribution in [3.63, 3.8) is 0 Å². The second-order valence-corrected chi connectivity index (χ2v) is 17.8. The Balaban J connectivity index is 0.987. The highest BCUT2D eigenvalue weighted by molar-refractivity contribution is 5.88. The van der Waals surface area contributed by atoms with Crippen LogP contribution in [0.5, 0.6) is 0 Å². The van der Waals surface area contributed by atoms with Gasteiger partial charge in [-0.15, -0.1) is 0 Å². The number of carbonyl (C=O) groups excluding carboxylic acids is 4. The molecule has 326 valence electrons. The van der Waals surface area contributed by atoms with Crippen molar-refractivity contribution in [3.05, 3.63) is 83.6 Å². The van der Waals surface area contributed by atoms with Crippen LogP contribution in [-0.2, 0) is 37.4 Å². The van der Waals surface area contributed by atoms with E-state index in [1.807, 2.05) is 38.7 Å². The maximum Gasteiger partial charge on any atom is 0.407 e. The van der Waals surface area contributed by atoms with Gasteiger partial charge in [0.2, 0.25) is 11.8 Å². The summed E-state index contributed by atoms with van der Waals surface area (Å²) in [5, 5.41) is 8.74. The minimum absolute atomic E-state index is 0.100. The molecule has 2 aliphatic carbocycles. The molecule has 62 heavy (non-hydrogen) atoms. The topological polar surface area (TPSA) is 183 Å². The van der Waals surface area contributed by atoms with Gasteiger partial charge in [-0.2, -0.15) is 0 Å². The molecule has 0 bridgehead atoms. The van der Waals surface area contributed by atoms with Gasteiger partial charge in [0, 0.05) is 17.8 Å². The van der Waals surface area contributed by atoms with E-state index in [1.165, 1.54) is 19.8 Å². The van der Waals surface area contributed by atoms with Crippen LogP contribution in [0.4, 0.5) is 9.59 Å². The van der Waals surface area contributed by atoms with Crippen LogP contribution in [-0.4, -0.2) is 81.7 Å². The van der Waals surface area contributed by atoms with E-state index in [0.29, 0.717) is 6.54 Å². The maximum absolute atomic E-state index is 13.7. The molecule has 1 aliphatic heterocycles. The SMILES string of the molecule is COC(=O)N[C@H](C(=O)NC1(c2nc3ccc(-c4ccc(-c5ccc6c(c5)CCc5[nH]c([C@@H]7CCCN7C(=O)[C@@H](NC(=O)OC)C(C)C)nc5-6)cc4)cc3[nH]2)CCCCC1)C(C)C. The molecule has 3 atom stereocenters. The Bertz CT molecular complexity index is 2460. The van der Waals surface area contributed by atoms with Gasteiger partial charge in [0.15, 0.2) is 0 Å². The van der Waals surface area contributed by atoms with Crippen LogP contribution in [0.15, 0.2) is 60.7 Å². The third-order valence-corrected chi connectivity index (χ3v) is 13.0. The van der Waals surface area contributed by atoms with Crippen molar-refractivity contribution in [3.8, 4) is 33.5 Å². The van der Waals surface area contributed by atoms with E-state index in [9.17, 15) is 19.2 Å². The molecule has 0 radical (unpaired) electrons. The van der Waals surface area contributed by atoms with E-state index in [2.05, 4.69) is 80.5 Å². The molecule has 0 spiro atoms. The molecule has 5 aromatic rings. The van der Waals surface area contributed by atoms with E-state index < -0.39 is 29.8 Å². The fraction of sp³-hybridized carbons (Fsp3) is 0.458. The van der Waals surface area contributed by atoms with Crippen LogP contribution in [0.1, 0.15) is 102 Å². The van der Waals surface area contributed by atoms with Gasteiger partial charge in [0.25, 0.3) is 0 Å². The van der Waals surface area contributed by atoms with Gasteiger partial charge < -0.3 is 40.3 Å². The van der Waals surface area contributed by atoms with Crippen LogP contribution >= 0.6 is 0 Å². The van der Waals surface area contributed by atoms with Crippen molar-refractivity contribution in [1.82, 2.24) is 40.8 Å². The predicted molar refractivity (Wildman–Crippen MR) is 237 cm³/mol. The molecule has 3 heterocycles. The number of aromatic amines is 2. The van der Waals surface area contributed by atoms with E-state index >= 15 is 0 Å². The van der Waals surface area contributed by atoms with Gasteiger partial charge in [-0.1, -0.05) is 95.5 Å². The van der Waals surface area contributed by atoms with Crippen LogP contribution < -0.4 is 16.0 Å². The smallest absolute Gasteiger partial charge is 0.407 e. The van der Waals surface area contributed by atoms with Crippen molar-refractivity contribution in [1.29, 1.82) is 0 Å². The molecule has 3 aromatic carbocycles. The monoisotopic (exact) mass is 842 g/mol. The number of ether oxygens (including phenoxy) is 2. The minimum Gasteiger partial charge on any atom is -0.453 e. The van der Waals surface area contributed by atoms with Crippen molar-refractivity contribution in [2.45, 2.75) is 109 Å². The lowest BCUT2D eigenvalue weighted by Crippen LogP contribution is -2.56. The molecule has 8 rings (SSSR count). The summed E-state index contributed by atoms with van der Waals surface area (Å²) in [4.78, 5) is 70.7. The highest BCUT2D eigenvalue weighted by Crippen LogP contribution is 2.40. The summed E-state index contributed by atoms with van der Waals surface area (Å²) in [5.41, 5.74) is 9.82. The zero-order valence-electron chi connectivity index (χ0n) is 36.5. The summed E-state index contributed by atoms with van der Waals surface area (Å²) in [5.74, 6) is 0.929. The molecule has 3 aliphatic rings. The molecule has 0 unspecified atom stereocenters. The van der Waals surface area contributed by atoms with Crippen LogP contribution in [0, 0.1) is 11.8 Å². The number of aromatic nitrogens is 4. The number of nitrogens with one attached hydrogen (secondary N) is 5. The number of carbonyl (C=O) groups is 4. The van der Waals surface area contributed by atoms with Crippen molar-refractivity contribution in [2.75, 3.05) is 20.8 Å². The van der Waals surface area contributed by atoms with Crippen molar-refractivity contribution < 1.29 is 28.7 Å². The summed E-state index contributed by atoms with van der Waals surface area (Å²) in [6.45, 7) is 8.25. The lowest BCUT2D eigenvalue weighted by molar-refractivity contribution is -0.135. The van der Waals surface area contributed by atoms with Crippen LogP contribution in [0.2, 0.25) is 0 Å². The van der Waals surface area contributed by atoms with Gasteiger partial charge >= 0.3 is 12.2 Å². The zero-order valence-corrected chi connectivity index (χ0v) is 36.5. The highest BCUT2D eigenvalue weighted by Gasteiger charge is 2.41. The number of rotatable bonds is 11. The Morgan fingerprint density at radius 3 is 2.03 bits per heavy atom. The highest BCUT2D eigenvalue weighted by atomic mass is 16.5. The number of fused-ring (bicyclic) bond motifs is 4. The maximum atomic E-state index is 13.7. The van der Waals surface area contributed by atoms with Gasteiger partial charge in [0.1, 0.15) is 23.7 Å². The van der Waals surface area contributed by atoms with Crippen LogP contribution in [0.3, 0.4) is 0 Å². The summed E-state index contributed by atoms with van der Waals surface area (Å²) in [6, 6.07) is 19.8. The standard InChI is InChI=1S/C48H58N8O6/c1-27(2)39(53-46(59)61-5)43(57)55-48(22-8-7-9-23-48)45-50-35-20-17-32(26-37(35)51-45)30-14-12-29(13-15-30)31-16-19-34-33(25-31)18-21-36-41(34)52-42(49-36)38-11-10-24-56(38)44(58)40(28(3)4)54-47(60)62-6/h12-17,19-20,25-28,38-40H,7-11,18,21-24H2,1-6H3,(H,49,52)(H,50,51)(H,53,59)(H,54,60)(H,55,57)/t38-,39-,40-/m0/s1. The second kappa shape index (κ2) is 17.7. The minimum atomic E-state index is -0.740. The lowest BCUT2D eigenvalue weighted by atomic mass is 9.80. The number of nitrogens with zero attached hydrogens (tertiary/aromatic N) is 3. The number of aryl methyl sites for hydroxylation is 2. The van der Waals surface area contributed by atoms with Gasteiger partial charge in [-0.3, -0.25) is 9.59 Å². The first-order chi connectivity index (χ1) is 29.9. The zero-order chi connectivity index (χ0) is 43.7. The molecular formula is C48H58N8O6. The van der Waals surface area contributed by atoms with Gasteiger partial charge in [-0.25, -0.2) is 19.6 Å². The van der Waals surface area contributed by atoms with Gasteiger partial charge in [0.05, 0.1) is 42.5 Å². The number of imidazole rings is 2. The first-order valence-electron chi connectivity index (χ1n) is 22.0. The Morgan fingerprint density at radius 1 is 0.742 bits per heavy atom. The third kappa shape index (κ3) is 8.38. The predicted octanol–water partition coefficient (Wildman–Crippen LogP) is 8.09. The van der Waals surface area contributed by atoms with Gasteiger partial charge in [-0.05, 0) is 90.3 Å². The summed E-state index contributed by atoms with van der Waals surface area (Å²) in [6.07, 6.45) is 6.64. The number of hydrogen-bond acceptors (Lipinski definition) is 8. The first kappa shape index (κ1) is 42.5. The average Bonchev–Trinajstić information content (AvgIpc) is 4.06. The van der Waals surface area contributed by atoms with E-state index in [0.717, 1.165) is 120 Å².